The molecule has 1 saturated heterocycles. The van der Waals surface area contributed by atoms with E-state index < -0.39 is 17.2 Å². The van der Waals surface area contributed by atoms with Crippen LogP contribution in [0.25, 0.3) is 0 Å². The predicted octanol–water partition coefficient (Wildman–Crippen LogP) is 2.75. The maximum Gasteiger partial charge on any atom is 0.459 e. The van der Waals surface area contributed by atoms with E-state index >= 15 is 0 Å². The minimum absolute atomic E-state index is 0.0519. The van der Waals surface area contributed by atoms with E-state index in [1.807, 2.05) is 38.1 Å². The fraction of sp³-hybridized carbons (Fsp3) is 0.486. The van der Waals surface area contributed by atoms with E-state index in [-0.39, 0.29) is 30.3 Å². The molecule has 1 unspecified atom stereocenters. The Kier molecular flexibility index (Phi) is 9.68. The van der Waals surface area contributed by atoms with Gasteiger partial charge >= 0.3 is 5.76 Å². The van der Waals surface area contributed by atoms with Gasteiger partial charge in [0.25, 0.3) is 11.8 Å². The monoisotopic (exact) mass is 641 g/mol. The number of nitriles is 1. The molecule has 1 atom stereocenters. The fourth-order valence-corrected chi connectivity index (χ4v) is 6.94. The predicted molar refractivity (Wildman–Crippen MR) is 175 cm³/mol. The van der Waals surface area contributed by atoms with E-state index in [9.17, 15) is 24.4 Å². The van der Waals surface area contributed by atoms with Gasteiger partial charge < -0.3 is 24.5 Å². The summed E-state index contributed by atoms with van der Waals surface area (Å²) in [7, 11) is 6.84. The van der Waals surface area contributed by atoms with E-state index in [0.717, 1.165) is 28.7 Å². The Morgan fingerprint density at radius 2 is 1.60 bits per heavy atom. The molecule has 1 N–H and O–H groups in total. The molecular weight excluding hydrogens is 598 g/mol. The lowest BCUT2D eigenvalue weighted by atomic mass is 9.69. The average molecular weight is 642 g/mol. The number of rotatable bonds is 9. The van der Waals surface area contributed by atoms with Gasteiger partial charge in [-0.2, -0.15) is 15.0 Å². The highest BCUT2D eigenvalue weighted by atomic mass is 16.5. The Hall–Kier alpha value is -4.76. The molecule has 12 heteroatoms. The van der Waals surface area contributed by atoms with Crippen molar-refractivity contribution in [3.05, 3.63) is 86.2 Å². The molecule has 12 nitrogen and oxygen atoms in total. The number of aromatic nitrogens is 2. The number of carbonyl (C=O) groups is 3. The number of aryl methyl sites for hydroxylation is 2. The van der Waals surface area contributed by atoms with Crippen LogP contribution in [0.3, 0.4) is 0 Å². The van der Waals surface area contributed by atoms with Crippen LogP contribution in [-0.2, 0) is 23.1 Å². The summed E-state index contributed by atoms with van der Waals surface area (Å²) in [6.45, 7) is 4.79. The lowest BCUT2D eigenvalue weighted by Crippen LogP contribution is -2.42. The van der Waals surface area contributed by atoms with Gasteiger partial charge in [0.05, 0.1) is 24.1 Å². The van der Waals surface area contributed by atoms with Crippen LogP contribution in [0.1, 0.15) is 87.9 Å². The van der Waals surface area contributed by atoms with Crippen molar-refractivity contribution in [3.63, 3.8) is 0 Å². The number of hydrogen-bond donors (Lipinski definition) is 1. The summed E-state index contributed by atoms with van der Waals surface area (Å²) in [5.41, 5.74) is 3.63. The Morgan fingerprint density at radius 1 is 1.02 bits per heavy atom. The lowest BCUT2D eigenvalue weighted by molar-refractivity contribution is -0.130. The molecule has 2 aromatic carbocycles. The average Bonchev–Trinajstić information content (AvgIpc) is 3.67. The van der Waals surface area contributed by atoms with Crippen molar-refractivity contribution in [2.45, 2.75) is 63.5 Å². The summed E-state index contributed by atoms with van der Waals surface area (Å²) in [5, 5.41) is 12.8. The number of likely N-dealkylation sites (tertiary alicyclic amines) is 1. The van der Waals surface area contributed by atoms with Gasteiger partial charge in [0.1, 0.15) is 6.04 Å². The quantitative estimate of drug-likeness (QED) is 0.351. The van der Waals surface area contributed by atoms with Gasteiger partial charge in [-0.1, -0.05) is 12.1 Å². The van der Waals surface area contributed by atoms with Crippen LogP contribution in [0.2, 0.25) is 0 Å². The van der Waals surface area contributed by atoms with Crippen LogP contribution in [0.4, 0.5) is 0 Å². The van der Waals surface area contributed by atoms with Crippen LogP contribution < -0.4 is 11.1 Å². The van der Waals surface area contributed by atoms with Gasteiger partial charge in [-0.05, 0) is 99.0 Å². The summed E-state index contributed by atoms with van der Waals surface area (Å²) in [6.07, 6.45) is 3.02. The van der Waals surface area contributed by atoms with Gasteiger partial charge in [-0.3, -0.25) is 14.4 Å². The molecule has 1 fully saturated rings. The standard InChI is InChI=1S/C35H43N7O5/c1-22(2)42-33(38-34(46)47-42)35(15-16-37-21-30(43)41-17-7-8-27(41)20-36)28-13-11-25(31(44)39(3)4)18-23(28)9-10-24-19-26(12-14-29(24)35)32(45)40(5)6/h11-14,18-19,22,27,37H,7-10,15-17,21H2,1-6H3. The van der Waals surface area contributed by atoms with Crippen molar-refractivity contribution in [1.29, 1.82) is 5.26 Å². The summed E-state index contributed by atoms with van der Waals surface area (Å²) >= 11 is 0. The Balaban J connectivity index is 1.68. The summed E-state index contributed by atoms with van der Waals surface area (Å²) in [6, 6.07) is 12.9. The Morgan fingerprint density at radius 3 is 2.11 bits per heavy atom. The summed E-state index contributed by atoms with van der Waals surface area (Å²) in [4.78, 5) is 61.3. The molecule has 0 bridgehead atoms. The molecule has 0 spiro atoms. The topological polar surface area (TPSA) is 145 Å². The van der Waals surface area contributed by atoms with Crippen molar-refractivity contribution >= 4 is 17.7 Å². The Labute approximate surface area is 274 Å². The minimum atomic E-state index is -1.05. The molecule has 1 aliphatic carbocycles. The molecule has 248 valence electrons. The summed E-state index contributed by atoms with van der Waals surface area (Å²) < 4.78 is 7.21. The highest BCUT2D eigenvalue weighted by Gasteiger charge is 2.46. The second kappa shape index (κ2) is 13.5. The largest absolute Gasteiger partial charge is 0.459 e. The first-order valence-corrected chi connectivity index (χ1v) is 16.1. The highest BCUT2D eigenvalue weighted by Crippen LogP contribution is 2.47. The molecule has 2 heterocycles. The molecular formula is C35H43N7O5. The van der Waals surface area contributed by atoms with Crippen LogP contribution >= 0.6 is 0 Å². The number of nitrogens with one attached hydrogen (secondary N) is 1. The molecule has 1 aliphatic heterocycles. The first-order chi connectivity index (χ1) is 22.4. The molecule has 47 heavy (non-hydrogen) atoms. The second-order valence-electron chi connectivity index (χ2n) is 13.1. The van der Waals surface area contributed by atoms with Crippen molar-refractivity contribution in [3.8, 4) is 6.07 Å². The van der Waals surface area contributed by atoms with Crippen molar-refractivity contribution in [2.75, 3.05) is 47.8 Å². The number of hydrogen-bond acceptors (Lipinski definition) is 8. The Bertz CT molecular complexity index is 1710. The molecule has 2 aliphatic rings. The smallest absolute Gasteiger partial charge is 0.345 e. The van der Waals surface area contributed by atoms with E-state index in [2.05, 4.69) is 16.4 Å². The summed E-state index contributed by atoms with van der Waals surface area (Å²) in [5.74, 6) is -0.699. The maximum atomic E-state index is 13.1. The molecule has 1 aromatic heterocycles. The third kappa shape index (κ3) is 6.32. The molecule has 3 aromatic rings. The maximum absolute atomic E-state index is 13.1. The van der Waals surface area contributed by atoms with Crippen LogP contribution in [0, 0.1) is 11.3 Å². The van der Waals surface area contributed by atoms with E-state index in [1.165, 1.54) is 9.80 Å². The van der Waals surface area contributed by atoms with Crippen LogP contribution in [0.15, 0.2) is 45.7 Å². The zero-order valence-electron chi connectivity index (χ0n) is 28.0. The number of nitrogens with zero attached hydrogens (tertiary/aromatic N) is 6. The van der Waals surface area contributed by atoms with Crippen LogP contribution in [-0.4, -0.2) is 96.0 Å². The lowest BCUT2D eigenvalue weighted by Gasteiger charge is -2.36. The number of benzene rings is 2. The fourth-order valence-electron chi connectivity index (χ4n) is 6.94. The molecule has 3 amide bonds. The zero-order chi connectivity index (χ0) is 34.0. The van der Waals surface area contributed by atoms with Gasteiger partial charge in [0.2, 0.25) is 5.91 Å². The highest BCUT2D eigenvalue weighted by molar-refractivity contribution is 5.95. The van der Waals surface area contributed by atoms with Crippen molar-refractivity contribution in [1.82, 2.24) is 29.7 Å². The molecule has 5 rings (SSSR count). The third-order valence-corrected chi connectivity index (χ3v) is 9.21. The van der Waals surface area contributed by atoms with Gasteiger partial charge in [0.15, 0.2) is 5.82 Å². The van der Waals surface area contributed by atoms with E-state index in [1.54, 1.807) is 50.0 Å². The van der Waals surface area contributed by atoms with Crippen molar-refractivity contribution < 1.29 is 18.9 Å². The SMILES string of the molecule is CC(C)n1oc(=O)nc1C1(CCNCC(=O)N2CCCC2C#N)c2ccc(C(=O)N(C)C)cc2CCc2cc(C(=O)N(C)C)ccc21. The zero-order valence-corrected chi connectivity index (χ0v) is 28.0. The molecule has 0 saturated carbocycles. The first-order valence-electron chi connectivity index (χ1n) is 16.1. The second-order valence-corrected chi connectivity index (χ2v) is 13.1. The van der Waals surface area contributed by atoms with Gasteiger partial charge in [-0.15, -0.1) is 0 Å². The minimum Gasteiger partial charge on any atom is -0.345 e. The number of fused-ring (bicyclic) bond motifs is 2. The first kappa shape index (κ1) is 33.6. The van der Waals surface area contributed by atoms with Crippen LogP contribution in [0.5, 0.6) is 0 Å². The van der Waals surface area contributed by atoms with E-state index in [0.29, 0.717) is 55.7 Å². The van der Waals surface area contributed by atoms with Gasteiger partial charge in [0, 0.05) is 45.9 Å². The normalized spacial score (nSPS) is 16.6. The number of amides is 3. The van der Waals surface area contributed by atoms with E-state index in [4.69, 9.17) is 4.52 Å². The van der Waals surface area contributed by atoms with Crippen molar-refractivity contribution in [2.24, 2.45) is 0 Å². The third-order valence-electron chi connectivity index (χ3n) is 9.21. The molecule has 0 radical (unpaired) electrons. The van der Waals surface area contributed by atoms with Gasteiger partial charge in [-0.25, -0.2) is 4.79 Å². The number of carbonyl (C=O) groups excluding carboxylic acids is 3.